The van der Waals surface area contributed by atoms with E-state index in [-0.39, 0.29) is 0 Å². The molecule has 12 aromatic heterocycles. The molecule has 0 unspecified atom stereocenters. The van der Waals surface area contributed by atoms with E-state index in [1.807, 2.05) is 249 Å². The second-order valence-electron chi connectivity index (χ2n) is 30.3. The summed E-state index contributed by atoms with van der Waals surface area (Å²) in [7, 11) is 0. The van der Waals surface area contributed by atoms with Crippen molar-refractivity contribution in [2.45, 2.75) is 0 Å². The van der Waals surface area contributed by atoms with Gasteiger partial charge in [-0.25, -0.2) is 49.8 Å². The first-order chi connectivity index (χ1) is 62.3. The fourth-order valence-corrected chi connectivity index (χ4v) is 15.8. The summed E-state index contributed by atoms with van der Waals surface area (Å²) in [5.74, 6) is 5.29. The zero-order valence-corrected chi connectivity index (χ0v) is 67.2. The molecule has 126 heavy (non-hydrogen) atoms. The van der Waals surface area contributed by atoms with Crippen LogP contribution in [0.4, 0.5) is 0 Å². The maximum Gasteiger partial charge on any atom is 0.165 e. The highest BCUT2D eigenvalue weighted by molar-refractivity contribution is 5.96. The molecule has 24 aromatic rings. The number of rotatable bonds is 12. The van der Waals surface area contributed by atoms with E-state index in [1.54, 1.807) is 24.8 Å². The fourth-order valence-electron chi connectivity index (χ4n) is 15.8. The minimum atomic E-state index is 0.564. The smallest absolute Gasteiger partial charge is 0.165 e. The second-order valence-corrected chi connectivity index (χ2v) is 30.3. The van der Waals surface area contributed by atoms with Gasteiger partial charge in [-0.1, -0.05) is 194 Å². The van der Waals surface area contributed by atoms with Gasteiger partial charge in [0.05, 0.1) is 50.0 Å². The lowest BCUT2D eigenvalue weighted by molar-refractivity contribution is 1.07. The van der Waals surface area contributed by atoms with Crippen molar-refractivity contribution in [3.8, 4) is 136 Å². The van der Waals surface area contributed by atoms with Crippen molar-refractivity contribution >= 4 is 97.9 Å². The molecule has 18 heteroatoms. The molecule has 0 spiro atoms. The number of fused-ring (bicyclic) bond motifs is 9. The highest BCUT2D eigenvalue weighted by atomic mass is 15.1. The van der Waals surface area contributed by atoms with E-state index in [4.69, 9.17) is 54.8 Å². The van der Waals surface area contributed by atoms with Crippen LogP contribution in [-0.4, -0.2) is 89.7 Å². The lowest BCUT2D eigenvalue weighted by atomic mass is 10.0. The van der Waals surface area contributed by atoms with Gasteiger partial charge in [0.25, 0.3) is 0 Å². The minimum Gasteiger partial charge on any atom is -0.264 e. The van der Waals surface area contributed by atoms with E-state index in [0.29, 0.717) is 52.4 Å². The van der Waals surface area contributed by atoms with E-state index in [1.165, 1.54) is 0 Å². The quantitative estimate of drug-likeness (QED) is 0.111. The van der Waals surface area contributed by atoms with Crippen LogP contribution in [0.5, 0.6) is 0 Å². The summed E-state index contributed by atoms with van der Waals surface area (Å²) in [6.45, 7) is 0. The third-order valence-corrected chi connectivity index (χ3v) is 22.2. The Labute approximate surface area is 720 Å². The molecule has 588 valence electrons. The van der Waals surface area contributed by atoms with Gasteiger partial charge in [0, 0.05) is 171 Å². The van der Waals surface area contributed by atoms with Crippen LogP contribution in [0.25, 0.3) is 234 Å². The SMILES string of the molecule is c1cc(-c2ccc3ccccc3n2)cc(-c2nc(-c3ccc4ncccc4c3)nc(-c3cnc4ccccc4c3)n2)c1.c1cc(-c2nc(-c3ccc4cnccc4c3)nc(-c3cnc4ccccc4c3)n2)cc(-c2nccc3ccccc23)c1.c1ccc2ncc(-c3ccc(-c4nc(-c5ccc6ncccc6c5)nc(-c5ccc6ncccc6c5)n4)cc3)cc2c1. The van der Waals surface area contributed by atoms with Crippen molar-refractivity contribution in [3.05, 3.63) is 402 Å². The lowest BCUT2D eigenvalue weighted by Gasteiger charge is -2.11. The number of nitrogens with zero attached hydrogens (tertiary/aromatic N) is 18. The molecule has 0 bridgehead atoms. The predicted molar refractivity (Wildman–Crippen MR) is 502 cm³/mol. The molecule has 0 aliphatic carbocycles. The average molecular weight is 1620 g/mol. The van der Waals surface area contributed by atoms with Crippen LogP contribution in [0.2, 0.25) is 0 Å². The Morgan fingerprint density at radius 3 is 1.00 bits per heavy atom. The molecule has 0 aliphatic heterocycles. The van der Waals surface area contributed by atoms with Gasteiger partial charge in [0.2, 0.25) is 0 Å². The van der Waals surface area contributed by atoms with Gasteiger partial charge in [0.1, 0.15) is 0 Å². The van der Waals surface area contributed by atoms with E-state index in [9.17, 15) is 0 Å². The van der Waals surface area contributed by atoms with Crippen LogP contribution in [0.1, 0.15) is 0 Å². The van der Waals surface area contributed by atoms with Gasteiger partial charge in [-0.05, 0) is 168 Å². The number of para-hydroxylation sites is 4. The molecule has 0 amide bonds. The van der Waals surface area contributed by atoms with E-state index in [2.05, 4.69) is 162 Å². The molecule has 0 N–H and O–H groups in total. The molecule has 12 aromatic carbocycles. The zero-order valence-electron chi connectivity index (χ0n) is 67.2. The molecule has 24 rings (SSSR count). The van der Waals surface area contributed by atoms with Crippen molar-refractivity contribution in [1.82, 2.24) is 89.7 Å². The number of hydrogen-bond donors (Lipinski definition) is 0. The number of pyridine rings is 9. The van der Waals surface area contributed by atoms with Gasteiger partial charge in [-0.3, -0.25) is 39.9 Å². The molecule has 0 radical (unpaired) electrons. The Morgan fingerprint density at radius 1 is 0.143 bits per heavy atom. The Hall–Kier alpha value is -17.6. The number of benzene rings is 12. The van der Waals surface area contributed by atoms with Crippen molar-refractivity contribution in [2.75, 3.05) is 0 Å². The van der Waals surface area contributed by atoms with Crippen LogP contribution in [0.3, 0.4) is 0 Å². The van der Waals surface area contributed by atoms with Gasteiger partial charge < -0.3 is 0 Å². The Kier molecular flexibility index (Phi) is 19.4. The molecule has 0 atom stereocenters. The van der Waals surface area contributed by atoms with E-state index >= 15 is 0 Å². The minimum absolute atomic E-state index is 0.564. The number of hydrogen-bond acceptors (Lipinski definition) is 18. The Bertz CT molecular complexity index is 8050. The summed E-state index contributed by atoms with van der Waals surface area (Å²) in [6.07, 6.45) is 16.5. The maximum atomic E-state index is 4.99. The van der Waals surface area contributed by atoms with Gasteiger partial charge in [-0.2, -0.15) is 0 Å². The summed E-state index contributed by atoms with van der Waals surface area (Å²) < 4.78 is 0. The summed E-state index contributed by atoms with van der Waals surface area (Å²) in [5.41, 5.74) is 20.4. The Balaban J connectivity index is 0.000000112. The van der Waals surface area contributed by atoms with Crippen LogP contribution >= 0.6 is 0 Å². The Morgan fingerprint density at radius 2 is 0.484 bits per heavy atom. The lowest BCUT2D eigenvalue weighted by Crippen LogP contribution is -2.01. The van der Waals surface area contributed by atoms with Crippen LogP contribution in [-0.2, 0) is 0 Å². The highest BCUT2D eigenvalue weighted by Crippen LogP contribution is 2.37. The average Bonchev–Trinajstić information content (AvgIpc) is 0.787. The van der Waals surface area contributed by atoms with Gasteiger partial charge in [0.15, 0.2) is 52.4 Å². The second kappa shape index (κ2) is 32.8. The highest BCUT2D eigenvalue weighted by Gasteiger charge is 2.21. The summed E-state index contributed by atoms with van der Waals surface area (Å²) in [6, 6.07) is 116. The van der Waals surface area contributed by atoms with Crippen LogP contribution in [0, 0.1) is 0 Å². The standard InChI is InChI=1S/3C36H22N6/c1-4-13-32-23(7-1)14-17-33(39-32)26-9-5-10-27(20-26)34-40-35(28-15-16-31-25(19-28)11-6-18-37-31)42-36(41-34)29-21-24-8-2-3-12-30(24)38-22-29;1-3-10-31-23(6-1)15-17-38-33(31)26-8-5-9-27(20-26)34-40-35(28-12-13-29-21-37-16-14-24(29)18-28)42-36(41-34)30-19-25-7-2-4-11-32(25)39-22-30;1-2-8-31-25(5-1)21-30(22-39-31)23-9-11-24(12-10-23)34-40-35(28-13-15-32-26(19-28)6-3-17-37-32)42-36(41-34)29-14-16-33-27(20-29)7-4-18-38-33/h3*1-22H. The molecule has 18 nitrogen and oxygen atoms in total. The van der Waals surface area contributed by atoms with Gasteiger partial charge in [-0.15, -0.1) is 0 Å². The molecule has 0 fully saturated rings. The fraction of sp³-hybridized carbons (Fsp3) is 0. The molecule has 0 saturated heterocycles. The summed E-state index contributed by atoms with van der Waals surface area (Å²) in [5, 5.41) is 11.7. The molecular weight excluding hydrogens is 1550 g/mol. The first kappa shape index (κ1) is 74.6. The van der Waals surface area contributed by atoms with Crippen molar-refractivity contribution < 1.29 is 0 Å². The van der Waals surface area contributed by atoms with Crippen molar-refractivity contribution in [3.63, 3.8) is 0 Å². The first-order valence-corrected chi connectivity index (χ1v) is 41.1. The number of aromatic nitrogens is 18. The first-order valence-electron chi connectivity index (χ1n) is 41.1. The zero-order chi connectivity index (χ0) is 83.6. The largest absolute Gasteiger partial charge is 0.264 e. The van der Waals surface area contributed by atoms with E-state index in [0.717, 1.165) is 182 Å². The molecular formula is C108H66N18. The normalized spacial score (nSPS) is 11.3. The molecule has 0 aliphatic rings. The molecule has 12 heterocycles. The molecule has 0 saturated carbocycles. The van der Waals surface area contributed by atoms with Crippen LogP contribution in [0.15, 0.2) is 402 Å². The monoisotopic (exact) mass is 1610 g/mol. The third kappa shape index (κ3) is 15.3. The topological polar surface area (TPSA) is 232 Å². The summed E-state index contributed by atoms with van der Waals surface area (Å²) >= 11 is 0. The van der Waals surface area contributed by atoms with Crippen molar-refractivity contribution in [1.29, 1.82) is 0 Å². The van der Waals surface area contributed by atoms with Crippen LogP contribution < -0.4 is 0 Å². The van der Waals surface area contributed by atoms with E-state index < -0.39 is 0 Å². The predicted octanol–water partition coefficient (Wildman–Crippen LogP) is 24.6. The summed E-state index contributed by atoms with van der Waals surface area (Å²) in [4.78, 5) is 85.8. The van der Waals surface area contributed by atoms with Crippen molar-refractivity contribution in [2.24, 2.45) is 0 Å². The third-order valence-electron chi connectivity index (χ3n) is 22.2. The van der Waals surface area contributed by atoms with Gasteiger partial charge >= 0.3 is 0 Å². The maximum absolute atomic E-state index is 4.99.